The number of rotatable bonds is 7. The monoisotopic (exact) mass is 282 g/mol. The Morgan fingerprint density at radius 3 is 2.35 bits per heavy atom. The van der Waals surface area contributed by atoms with Crippen LogP contribution in [0.1, 0.15) is 6.42 Å². The molecule has 20 heavy (non-hydrogen) atoms. The van der Waals surface area contributed by atoms with E-state index >= 15 is 0 Å². The van der Waals surface area contributed by atoms with Crippen molar-refractivity contribution in [2.45, 2.75) is 6.42 Å². The molecule has 0 aromatic heterocycles. The summed E-state index contributed by atoms with van der Waals surface area (Å²) >= 11 is 0. The third-order valence-electron chi connectivity index (χ3n) is 3.50. The summed E-state index contributed by atoms with van der Waals surface area (Å²) in [6.45, 7) is 5.71. The average Bonchev–Trinajstić information content (AvgIpc) is 2.52. The fourth-order valence-corrected chi connectivity index (χ4v) is 2.37. The largest absolute Gasteiger partial charge is 0.493 e. The molecule has 1 heterocycles. The zero-order chi connectivity index (χ0) is 14.2. The van der Waals surface area contributed by atoms with Crippen molar-refractivity contribution in [3.8, 4) is 17.2 Å². The van der Waals surface area contributed by atoms with Gasteiger partial charge in [-0.1, -0.05) is 6.07 Å². The van der Waals surface area contributed by atoms with E-state index in [1.165, 1.54) is 0 Å². The summed E-state index contributed by atoms with van der Waals surface area (Å²) in [6.07, 6.45) is 1.01. The summed E-state index contributed by atoms with van der Waals surface area (Å²) in [5.41, 5.74) is 0. The van der Waals surface area contributed by atoms with Crippen LogP contribution in [0.25, 0.3) is 0 Å². The molecule has 0 bridgehead atoms. The van der Waals surface area contributed by atoms with Crippen LogP contribution in [0.4, 0.5) is 0 Å². The Hall–Kier alpha value is -1.46. The van der Waals surface area contributed by atoms with Gasteiger partial charge < -0.3 is 23.8 Å². The summed E-state index contributed by atoms with van der Waals surface area (Å²) in [6, 6.07) is 5.65. The van der Waals surface area contributed by atoms with Gasteiger partial charge in [0.1, 0.15) is 13.1 Å². The Labute approximate surface area is 120 Å². The van der Waals surface area contributed by atoms with E-state index in [0.717, 1.165) is 39.3 Å². The van der Waals surface area contributed by atoms with Crippen molar-refractivity contribution in [2.75, 3.05) is 53.7 Å². The van der Waals surface area contributed by atoms with Crippen LogP contribution in [0.2, 0.25) is 0 Å². The molecule has 5 heteroatoms. The third kappa shape index (κ3) is 4.02. The lowest BCUT2D eigenvalue weighted by Gasteiger charge is -2.23. The molecule has 0 aliphatic carbocycles. The fourth-order valence-electron chi connectivity index (χ4n) is 2.37. The molecule has 0 saturated carbocycles. The van der Waals surface area contributed by atoms with Crippen molar-refractivity contribution >= 4 is 0 Å². The molecular weight excluding hydrogens is 258 g/mol. The number of hydrogen-bond donors (Lipinski definition) is 1. The first kappa shape index (κ1) is 14.9. The molecule has 5 nitrogen and oxygen atoms in total. The molecule has 1 aliphatic heterocycles. The number of nitrogens with one attached hydrogen (secondary N) is 1. The number of ether oxygens (including phenoxy) is 4. The second-order valence-corrected chi connectivity index (χ2v) is 4.81. The summed E-state index contributed by atoms with van der Waals surface area (Å²) in [7, 11) is 3.28. The molecule has 0 radical (unpaired) electrons. The minimum atomic E-state index is 0.668. The molecule has 112 valence electrons. The van der Waals surface area contributed by atoms with Crippen molar-refractivity contribution in [2.24, 2.45) is 0 Å². The molecule has 1 aromatic rings. The van der Waals surface area contributed by atoms with E-state index in [2.05, 4.69) is 0 Å². The Kier molecular flexibility index (Phi) is 5.95. The van der Waals surface area contributed by atoms with Crippen LogP contribution < -0.4 is 19.1 Å². The van der Waals surface area contributed by atoms with Gasteiger partial charge in [0.25, 0.3) is 0 Å². The number of benzene rings is 1. The van der Waals surface area contributed by atoms with Gasteiger partial charge in [-0.05, 0) is 12.1 Å². The first-order chi connectivity index (χ1) is 9.85. The predicted octanol–water partition coefficient (Wildman–Crippen LogP) is 0.388. The van der Waals surface area contributed by atoms with E-state index in [1.54, 1.807) is 19.1 Å². The van der Waals surface area contributed by atoms with Gasteiger partial charge in [-0.3, -0.25) is 0 Å². The summed E-state index contributed by atoms with van der Waals surface area (Å²) in [4.78, 5) is 1.59. The molecule has 1 N–H and O–H groups in total. The lowest BCUT2D eigenvalue weighted by Crippen LogP contribution is -3.14. The topological polar surface area (TPSA) is 41.4 Å². The molecule has 0 unspecified atom stereocenters. The minimum Gasteiger partial charge on any atom is -0.493 e. The van der Waals surface area contributed by atoms with Gasteiger partial charge >= 0.3 is 0 Å². The van der Waals surface area contributed by atoms with Gasteiger partial charge in [0, 0.05) is 6.42 Å². The van der Waals surface area contributed by atoms with Gasteiger partial charge in [0.2, 0.25) is 5.75 Å². The number of para-hydroxylation sites is 1. The summed E-state index contributed by atoms with van der Waals surface area (Å²) < 4.78 is 21.8. The highest BCUT2D eigenvalue weighted by Crippen LogP contribution is 2.36. The third-order valence-corrected chi connectivity index (χ3v) is 3.50. The van der Waals surface area contributed by atoms with Crippen molar-refractivity contribution in [1.29, 1.82) is 0 Å². The second-order valence-electron chi connectivity index (χ2n) is 4.81. The highest BCUT2D eigenvalue weighted by atomic mass is 16.5. The van der Waals surface area contributed by atoms with Crippen molar-refractivity contribution in [3.63, 3.8) is 0 Å². The van der Waals surface area contributed by atoms with E-state index in [1.807, 2.05) is 18.2 Å². The Morgan fingerprint density at radius 2 is 1.75 bits per heavy atom. The molecule has 1 saturated heterocycles. The van der Waals surface area contributed by atoms with Gasteiger partial charge in [-0.25, -0.2) is 0 Å². The summed E-state index contributed by atoms with van der Waals surface area (Å²) in [5, 5.41) is 0. The molecule has 1 aromatic carbocycles. The average molecular weight is 282 g/mol. The SMILES string of the molecule is COc1cccc(OC)c1OCCC[NH+]1CCOCC1. The van der Waals surface area contributed by atoms with E-state index in [9.17, 15) is 0 Å². The number of morpholine rings is 1. The maximum Gasteiger partial charge on any atom is 0.203 e. The first-order valence-corrected chi connectivity index (χ1v) is 7.10. The molecule has 0 amide bonds. The Bertz CT molecular complexity index is 383. The molecule has 0 spiro atoms. The van der Waals surface area contributed by atoms with Crippen LogP contribution in [0.3, 0.4) is 0 Å². The Morgan fingerprint density at radius 1 is 1.10 bits per heavy atom. The number of methoxy groups -OCH3 is 2. The Balaban J connectivity index is 1.81. The van der Waals surface area contributed by atoms with E-state index in [4.69, 9.17) is 18.9 Å². The lowest BCUT2D eigenvalue weighted by molar-refractivity contribution is -0.908. The van der Waals surface area contributed by atoms with E-state index in [0.29, 0.717) is 23.9 Å². The highest BCUT2D eigenvalue weighted by molar-refractivity contribution is 5.51. The van der Waals surface area contributed by atoms with Crippen molar-refractivity contribution < 1.29 is 23.8 Å². The molecule has 1 aliphatic rings. The molecule has 0 atom stereocenters. The van der Waals surface area contributed by atoms with Crippen LogP contribution in [0.15, 0.2) is 18.2 Å². The lowest BCUT2D eigenvalue weighted by atomic mass is 10.3. The predicted molar refractivity (Wildman–Crippen MR) is 76.0 cm³/mol. The molecular formula is C15H24NO4+. The molecule has 1 fully saturated rings. The van der Waals surface area contributed by atoms with Gasteiger partial charge in [0.05, 0.1) is 40.6 Å². The quantitative estimate of drug-likeness (QED) is 0.735. The van der Waals surface area contributed by atoms with Gasteiger partial charge in [-0.15, -0.1) is 0 Å². The number of quaternary nitrogens is 1. The fraction of sp³-hybridized carbons (Fsp3) is 0.600. The van der Waals surface area contributed by atoms with Gasteiger partial charge in [-0.2, -0.15) is 0 Å². The van der Waals surface area contributed by atoms with Crippen LogP contribution in [-0.4, -0.2) is 53.7 Å². The normalized spacial score (nSPS) is 15.9. The maximum atomic E-state index is 5.85. The van der Waals surface area contributed by atoms with E-state index in [-0.39, 0.29) is 0 Å². The first-order valence-electron chi connectivity index (χ1n) is 7.10. The highest BCUT2D eigenvalue weighted by Gasteiger charge is 2.14. The van der Waals surface area contributed by atoms with Crippen molar-refractivity contribution in [3.05, 3.63) is 18.2 Å². The smallest absolute Gasteiger partial charge is 0.203 e. The van der Waals surface area contributed by atoms with Crippen LogP contribution in [0.5, 0.6) is 17.2 Å². The van der Waals surface area contributed by atoms with E-state index < -0.39 is 0 Å². The zero-order valence-electron chi connectivity index (χ0n) is 12.3. The van der Waals surface area contributed by atoms with Crippen LogP contribution in [0, 0.1) is 0 Å². The van der Waals surface area contributed by atoms with Crippen LogP contribution >= 0.6 is 0 Å². The molecule has 2 rings (SSSR count). The summed E-state index contributed by atoms with van der Waals surface area (Å²) in [5.74, 6) is 2.11. The van der Waals surface area contributed by atoms with Crippen LogP contribution in [-0.2, 0) is 4.74 Å². The van der Waals surface area contributed by atoms with Gasteiger partial charge in [0.15, 0.2) is 11.5 Å². The minimum absolute atomic E-state index is 0.668. The second kappa shape index (κ2) is 7.97. The zero-order valence-corrected chi connectivity index (χ0v) is 12.3. The maximum absolute atomic E-state index is 5.85. The standard InChI is InChI=1S/C15H23NO4/c1-17-13-5-3-6-14(18-2)15(13)20-10-4-7-16-8-11-19-12-9-16/h3,5-6H,4,7-12H2,1-2H3/p+1. The van der Waals surface area contributed by atoms with Crippen molar-refractivity contribution in [1.82, 2.24) is 0 Å². The number of hydrogen-bond acceptors (Lipinski definition) is 4.